The minimum Gasteiger partial charge on any atom is -0.496 e. The fourth-order valence-electron chi connectivity index (χ4n) is 2.66. The highest BCUT2D eigenvalue weighted by atomic mass is 16.5. The van der Waals surface area contributed by atoms with Gasteiger partial charge in [0.1, 0.15) is 17.4 Å². The second kappa shape index (κ2) is 5.92. The van der Waals surface area contributed by atoms with Crippen LogP contribution in [0.15, 0.2) is 12.1 Å². The fraction of sp³-hybridized carbons (Fsp3) is 0.429. The van der Waals surface area contributed by atoms with E-state index in [1.807, 2.05) is 6.07 Å². The Morgan fingerprint density at radius 2 is 2.05 bits per heavy atom. The molecule has 1 aliphatic heterocycles. The van der Waals surface area contributed by atoms with E-state index in [0.717, 1.165) is 31.5 Å². The summed E-state index contributed by atoms with van der Waals surface area (Å²) in [5.74, 6) is 0.808. The number of hydrogen-bond donors (Lipinski definition) is 5. The fourth-order valence-corrected chi connectivity index (χ4v) is 2.66. The van der Waals surface area contributed by atoms with Gasteiger partial charge in [-0.15, -0.1) is 0 Å². The molecule has 0 radical (unpaired) electrons. The molecule has 1 fully saturated rings. The molecule has 1 aromatic rings. The summed E-state index contributed by atoms with van der Waals surface area (Å²) in [7, 11) is 1.58. The Kier molecular flexibility index (Phi) is 4.24. The molecule has 1 atom stereocenters. The molecule has 1 aliphatic rings. The van der Waals surface area contributed by atoms with E-state index in [9.17, 15) is 0 Å². The molecule has 2 rings (SSSR count). The first-order valence-corrected chi connectivity index (χ1v) is 6.66. The van der Waals surface area contributed by atoms with Crippen LogP contribution in [-0.4, -0.2) is 31.9 Å². The number of hydrogen-bond acceptors (Lipinski definition) is 4. The second-order valence-corrected chi connectivity index (χ2v) is 5.02. The molecule has 0 aliphatic carbocycles. The van der Waals surface area contributed by atoms with Crippen molar-refractivity contribution < 1.29 is 4.74 Å². The van der Waals surface area contributed by atoms with E-state index in [2.05, 4.69) is 5.32 Å². The third kappa shape index (κ3) is 2.75. The maximum atomic E-state index is 7.70. The molecule has 0 bridgehead atoms. The van der Waals surface area contributed by atoms with Gasteiger partial charge in [-0.05, 0) is 37.1 Å². The number of nitrogen functional groups attached to an aromatic ring is 2. The summed E-state index contributed by atoms with van der Waals surface area (Å²) in [6.07, 6.45) is 2.13. The number of nitrogens with one attached hydrogen (secondary N) is 3. The van der Waals surface area contributed by atoms with Gasteiger partial charge in [-0.1, -0.05) is 0 Å². The SMILES string of the molecule is COc1c(C(=N)N)cc(C(=N)N)cc1C1CCCNC1. The first-order valence-electron chi connectivity index (χ1n) is 6.66. The van der Waals surface area contributed by atoms with Crippen LogP contribution in [0.25, 0.3) is 0 Å². The van der Waals surface area contributed by atoms with Crippen LogP contribution in [-0.2, 0) is 0 Å². The number of benzene rings is 1. The number of ether oxygens (including phenoxy) is 1. The standard InChI is InChI=1S/C14H21N5O/c1-20-12-10(8-3-2-4-19-7-8)5-9(13(15)16)6-11(12)14(17)18/h5-6,8,19H,2-4,7H2,1H3,(H3,15,16)(H3,17,18). The lowest BCUT2D eigenvalue weighted by molar-refractivity contribution is 0.391. The van der Waals surface area contributed by atoms with E-state index >= 15 is 0 Å². The monoisotopic (exact) mass is 275 g/mol. The lowest BCUT2D eigenvalue weighted by atomic mass is 9.88. The van der Waals surface area contributed by atoms with Crippen LogP contribution >= 0.6 is 0 Å². The predicted octanol–water partition coefficient (Wildman–Crippen LogP) is 0.730. The van der Waals surface area contributed by atoms with Gasteiger partial charge in [-0.25, -0.2) is 0 Å². The van der Waals surface area contributed by atoms with Crippen molar-refractivity contribution in [1.29, 1.82) is 10.8 Å². The van der Waals surface area contributed by atoms with Gasteiger partial charge in [-0.2, -0.15) is 0 Å². The minimum absolute atomic E-state index is 0.0276. The highest BCUT2D eigenvalue weighted by Crippen LogP contribution is 2.34. The Morgan fingerprint density at radius 3 is 2.55 bits per heavy atom. The van der Waals surface area contributed by atoms with Crippen molar-refractivity contribution in [3.05, 3.63) is 28.8 Å². The minimum atomic E-state index is -0.0741. The maximum absolute atomic E-state index is 7.70. The summed E-state index contributed by atoms with van der Waals surface area (Å²) in [6, 6.07) is 3.52. The normalized spacial score (nSPS) is 18.6. The average molecular weight is 275 g/mol. The molecule has 0 saturated carbocycles. The molecule has 6 heteroatoms. The molecule has 1 heterocycles. The molecular weight excluding hydrogens is 254 g/mol. The number of piperidine rings is 1. The van der Waals surface area contributed by atoms with Crippen molar-refractivity contribution >= 4 is 11.7 Å². The van der Waals surface area contributed by atoms with Gasteiger partial charge in [0.25, 0.3) is 0 Å². The van der Waals surface area contributed by atoms with Gasteiger partial charge in [0.15, 0.2) is 0 Å². The lowest BCUT2D eigenvalue weighted by Gasteiger charge is -2.26. The van der Waals surface area contributed by atoms with Crippen molar-refractivity contribution in [2.75, 3.05) is 20.2 Å². The number of rotatable bonds is 4. The third-order valence-corrected chi connectivity index (χ3v) is 3.66. The molecule has 1 saturated heterocycles. The van der Waals surface area contributed by atoms with Crippen LogP contribution in [0.5, 0.6) is 5.75 Å². The van der Waals surface area contributed by atoms with Crippen LogP contribution in [0.1, 0.15) is 35.4 Å². The van der Waals surface area contributed by atoms with Crippen molar-refractivity contribution in [1.82, 2.24) is 5.32 Å². The largest absolute Gasteiger partial charge is 0.496 e. The molecule has 108 valence electrons. The summed E-state index contributed by atoms with van der Waals surface area (Å²) >= 11 is 0. The van der Waals surface area contributed by atoms with E-state index in [1.54, 1.807) is 13.2 Å². The van der Waals surface area contributed by atoms with Gasteiger partial charge in [0.05, 0.1) is 12.7 Å². The first-order chi connectivity index (χ1) is 9.54. The van der Waals surface area contributed by atoms with Crippen LogP contribution in [0.2, 0.25) is 0 Å². The summed E-state index contributed by atoms with van der Waals surface area (Å²) in [4.78, 5) is 0. The van der Waals surface area contributed by atoms with E-state index in [1.165, 1.54) is 0 Å². The highest BCUT2D eigenvalue weighted by Gasteiger charge is 2.23. The predicted molar refractivity (Wildman–Crippen MR) is 79.9 cm³/mol. The van der Waals surface area contributed by atoms with Crippen molar-refractivity contribution in [3.8, 4) is 5.75 Å². The Morgan fingerprint density at radius 1 is 1.30 bits per heavy atom. The van der Waals surface area contributed by atoms with E-state index < -0.39 is 0 Å². The Labute approximate surface area is 118 Å². The summed E-state index contributed by atoms with van der Waals surface area (Å²) < 4.78 is 5.47. The van der Waals surface area contributed by atoms with Gasteiger partial charge < -0.3 is 21.5 Å². The van der Waals surface area contributed by atoms with Crippen molar-refractivity contribution in [3.63, 3.8) is 0 Å². The number of nitrogens with two attached hydrogens (primary N) is 2. The molecule has 1 unspecified atom stereocenters. The summed E-state index contributed by atoms with van der Waals surface area (Å²) in [5, 5.41) is 18.7. The molecule has 0 spiro atoms. The average Bonchev–Trinajstić information content (AvgIpc) is 2.46. The summed E-state index contributed by atoms with van der Waals surface area (Å²) in [6.45, 7) is 1.87. The van der Waals surface area contributed by atoms with E-state index in [-0.39, 0.29) is 17.6 Å². The second-order valence-electron chi connectivity index (χ2n) is 5.02. The molecule has 1 aromatic carbocycles. The van der Waals surface area contributed by atoms with E-state index in [0.29, 0.717) is 16.9 Å². The van der Waals surface area contributed by atoms with Crippen LogP contribution in [0, 0.1) is 10.8 Å². The Bertz CT molecular complexity index is 535. The molecule has 7 N–H and O–H groups in total. The van der Waals surface area contributed by atoms with Crippen LogP contribution in [0.3, 0.4) is 0 Å². The van der Waals surface area contributed by atoms with Crippen LogP contribution in [0.4, 0.5) is 0 Å². The quantitative estimate of drug-likeness (QED) is 0.411. The van der Waals surface area contributed by atoms with Gasteiger partial charge in [0, 0.05) is 18.0 Å². The van der Waals surface area contributed by atoms with Crippen molar-refractivity contribution in [2.45, 2.75) is 18.8 Å². The van der Waals surface area contributed by atoms with Gasteiger partial charge in [-0.3, -0.25) is 10.8 Å². The molecule has 6 nitrogen and oxygen atoms in total. The van der Waals surface area contributed by atoms with E-state index in [4.69, 9.17) is 27.0 Å². The Balaban J connectivity index is 2.56. The highest BCUT2D eigenvalue weighted by molar-refractivity contribution is 6.02. The molecule has 0 amide bonds. The zero-order valence-electron chi connectivity index (χ0n) is 11.6. The molecular formula is C14H21N5O. The lowest BCUT2D eigenvalue weighted by Crippen LogP contribution is -2.29. The molecule has 0 aromatic heterocycles. The van der Waals surface area contributed by atoms with Crippen LogP contribution < -0.4 is 21.5 Å². The number of methoxy groups -OCH3 is 1. The first kappa shape index (κ1) is 14.3. The van der Waals surface area contributed by atoms with Gasteiger partial charge in [0.2, 0.25) is 0 Å². The molecule has 20 heavy (non-hydrogen) atoms. The maximum Gasteiger partial charge on any atom is 0.133 e. The third-order valence-electron chi connectivity index (χ3n) is 3.66. The smallest absolute Gasteiger partial charge is 0.133 e. The summed E-state index contributed by atoms with van der Waals surface area (Å²) in [5.41, 5.74) is 13.3. The van der Waals surface area contributed by atoms with Gasteiger partial charge >= 0.3 is 0 Å². The zero-order valence-corrected chi connectivity index (χ0v) is 11.6. The zero-order chi connectivity index (χ0) is 14.7. The van der Waals surface area contributed by atoms with Crippen molar-refractivity contribution in [2.24, 2.45) is 11.5 Å². The topological polar surface area (TPSA) is 121 Å². The number of amidine groups is 2. The Hall–Kier alpha value is -2.08.